The number of nitrogens with one attached hydrogen (secondary N) is 1. The van der Waals surface area contributed by atoms with Crippen LogP contribution < -0.4 is 15.5 Å². The molecule has 3 aromatic carbocycles. The molecule has 7 heteroatoms. The Labute approximate surface area is 217 Å². The normalized spacial score (nSPS) is 18.9. The maximum absolute atomic E-state index is 14.1. The number of aliphatic hydroxyl groups is 2. The van der Waals surface area contributed by atoms with Crippen LogP contribution in [-0.2, 0) is 7.05 Å². The second kappa shape index (κ2) is 9.63. The van der Waals surface area contributed by atoms with Crippen LogP contribution in [0.25, 0.3) is 32.6 Å². The smallest absolute Gasteiger partial charge is 0.199 e. The Morgan fingerprint density at radius 2 is 1.76 bits per heavy atom. The van der Waals surface area contributed by atoms with Gasteiger partial charge in [-0.2, -0.15) is 0 Å². The van der Waals surface area contributed by atoms with Crippen LogP contribution in [0, 0.1) is 0 Å². The van der Waals surface area contributed by atoms with Gasteiger partial charge >= 0.3 is 0 Å². The van der Waals surface area contributed by atoms with Gasteiger partial charge in [-0.15, -0.1) is 0 Å². The van der Waals surface area contributed by atoms with Gasteiger partial charge in [-0.25, -0.2) is 0 Å². The monoisotopic (exact) mass is 503 g/mol. The van der Waals surface area contributed by atoms with Gasteiger partial charge in [0.2, 0.25) is 0 Å². The van der Waals surface area contributed by atoms with Crippen molar-refractivity contribution >= 4 is 38.3 Å². The summed E-state index contributed by atoms with van der Waals surface area (Å²) in [7, 11) is 1.90. The number of fused-ring (bicyclic) bond motifs is 5. The van der Waals surface area contributed by atoms with Gasteiger partial charge in [0.15, 0.2) is 5.43 Å². The fraction of sp³-hybridized carbons (Fsp3) is 0.433. The third-order valence-corrected chi connectivity index (χ3v) is 7.88. The van der Waals surface area contributed by atoms with Gasteiger partial charge in [-0.1, -0.05) is 38.1 Å². The summed E-state index contributed by atoms with van der Waals surface area (Å²) in [4.78, 5) is 16.5. The van der Waals surface area contributed by atoms with E-state index in [9.17, 15) is 15.0 Å². The molecule has 7 nitrogen and oxygen atoms in total. The predicted octanol–water partition coefficient (Wildman–Crippen LogP) is 4.55. The Morgan fingerprint density at radius 1 is 1.08 bits per heavy atom. The Balaban J connectivity index is 1.75. The highest BCUT2D eigenvalue weighted by atomic mass is 16.5. The Kier molecular flexibility index (Phi) is 6.64. The number of aromatic nitrogens is 1. The van der Waals surface area contributed by atoms with Crippen molar-refractivity contribution in [1.82, 2.24) is 9.47 Å². The summed E-state index contributed by atoms with van der Waals surface area (Å²) >= 11 is 0. The molecule has 37 heavy (non-hydrogen) atoms. The third kappa shape index (κ3) is 4.25. The molecule has 4 aromatic rings. The van der Waals surface area contributed by atoms with E-state index < -0.39 is 17.8 Å². The molecule has 5 rings (SSSR count). The van der Waals surface area contributed by atoms with Crippen molar-refractivity contribution in [3.8, 4) is 5.75 Å². The highest BCUT2D eigenvalue weighted by Crippen LogP contribution is 2.46. The number of nitrogens with zero attached hydrogens (tertiary/aromatic N) is 2. The van der Waals surface area contributed by atoms with E-state index in [1.54, 1.807) is 13.8 Å². The van der Waals surface area contributed by atoms with Gasteiger partial charge in [0, 0.05) is 30.6 Å². The molecule has 3 N–H and O–H groups in total. The van der Waals surface area contributed by atoms with Crippen LogP contribution >= 0.6 is 0 Å². The maximum Gasteiger partial charge on any atom is 0.199 e. The number of hydrogen-bond donors (Lipinski definition) is 3. The van der Waals surface area contributed by atoms with Crippen molar-refractivity contribution in [2.24, 2.45) is 7.05 Å². The summed E-state index contributed by atoms with van der Waals surface area (Å²) in [6, 6.07) is 13.8. The van der Waals surface area contributed by atoms with E-state index in [4.69, 9.17) is 4.74 Å². The summed E-state index contributed by atoms with van der Waals surface area (Å²) in [5, 5.41) is 28.8. The molecule has 0 radical (unpaired) electrons. The molecular formula is C30H37N3O4. The molecule has 0 unspecified atom stereocenters. The fourth-order valence-electron chi connectivity index (χ4n) is 5.64. The number of pyridine rings is 1. The highest BCUT2D eigenvalue weighted by molar-refractivity contribution is 6.06. The fourth-order valence-corrected chi connectivity index (χ4v) is 5.64. The van der Waals surface area contributed by atoms with Crippen molar-refractivity contribution in [2.45, 2.75) is 51.9 Å². The molecule has 2 heterocycles. The zero-order valence-electron chi connectivity index (χ0n) is 22.3. The van der Waals surface area contributed by atoms with Crippen LogP contribution in [0.2, 0.25) is 0 Å². The summed E-state index contributed by atoms with van der Waals surface area (Å²) < 4.78 is 8.19. The minimum atomic E-state index is -1.19. The number of aryl methyl sites for hydroxylation is 1. The average molecular weight is 504 g/mol. The molecule has 0 spiro atoms. The summed E-state index contributed by atoms with van der Waals surface area (Å²) in [5.74, 6) is 0.483. The first kappa shape index (κ1) is 25.5. The van der Waals surface area contributed by atoms with Crippen molar-refractivity contribution in [2.75, 3.05) is 31.5 Å². The molecule has 0 saturated heterocycles. The predicted molar refractivity (Wildman–Crippen MR) is 151 cm³/mol. The van der Waals surface area contributed by atoms with Crippen LogP contribution in [0.15, 0.2) is 47.3 Å². The average Bonchev–Trinajstić information content (AvgIpc) is 2.89. The third-order valence-electron chi connectivity index (χ3n) is 7.88. The maximum atomic E-state index is 14.1. The minimum Gasteiger partial charge on any atom is -0.484 e. The van der Waals surface area contributed by atoms with Crippen LogP contribution in [0.5, 0.6) is 5.75 Å². The van der Waals surface area contributed by atoms with Crippen LogP contribution in [-0.4, -0.2) is 57.6 Å². The summed E-state index contributed by atoms with van der Waals surface area (Å²) in [6.07, 6.45) is -1.41. The van der Waals surface area contributed by atoms with Crippen LogP contribution in [0.1, 0.15) is 45.8 Å². The molecule has 1 aliphatic rings. The second-order valence-electron chi connectivity index (χ2n) is 10.6. The molecule has 1 aliphatic heterocycles. The standard InChI is InChI=1S/C30H37N3O4/c1-6-33(7-2)14-10-13-31-21-17-23-25(28(35)29(36)30(3,4)37-23)26-24(21)27(34)20-15-18-11-8-9-12-19(18)16-22(20)32(26)5/h8-9,11-12,15-17,28-29,31,35-36H,6-7,10,13-14H2,1-5H3/t28-,29-/m1/s1. The Hall–Kier alpha value is -3.13. The zero-order chi connectivity index (χ0) is 26.5. The van der Waals surface area contributed by atoms with Crippen molar-refractivity contribution < 1.29 is 14.9 Å². The molecule has 2 atom stereocenters. The first-order chi connectivity index (χ1) is 17.7. The Morgan fingerprint density at radius 3 is 2.43 bits per heavy atom. The van der Waals surface area contributed by atoms with E-state index >= 15 is 0 Å². The van der Waals surface area contributed by atoms with Gasteiger partial charge < -0.3 is 29.7 Å². The lowest BCUT2D eigenvalue weighted by molar-refractivity contribution is -0.111. The number of aliphatic hydroxyl groups excluding tert-OH is 2. The van der Waals surface area contributed by atoms with Gasteiger partial charge in [0.25, 0.3) is 0 Å². The van der Waals surface area contributed by atoms with E-state index in [2.05, 4.69) is 24.1 Å². The largest absolute Gasteiger partial charge is 0.484 e. The van der Waals surface area contributed by atoms with E-state index in [1.165, 1.54) is 0 Å². The topological polar surface area (TPSA) is 87.0 Å². The van der Waals surface area contributed by atoms with E-state index in [1.807, 2.05) is 54.1 Å². The lowest BCUT2D eigenvalue weighted by Gasteiger charge is -2.41. The van der Waals surface area contributed by atoms with Crippen LogP contribution in [0.3, 0.4) is 0 Å². The van der Waals surface area contributed by atoms with Crippen molar-refractivity contribution in [3.63, 3.8) is 0 Å². The molecule has 0 aliphatic carbocycles. The van der Waals surface area contributed by atoms with Gasteiger partial charge in [0.1, 0.15) is 23.6 Å². The molecule has 1 aromatic heterocycles. The van der Waals surface area contributed by atoms with Gasteiger partial charge in [-0.3, -0.25) is 4.79 Å². The van der Waals surface area contributed by atoms with E-state index in [-0.39, 0.29) is 5.43 Å². The lowest BCUT2D eigenvalue weighted by atomic mass is 9.86. The zero-order valence-corrected chi connectivity index (χ0v) is 22.3. The van der Waals surface area contributed by atoms with Crippen molar-refractivity contribution in [3.05, 3.63) is 58.3 Å². The molecule has 0 saturated carbocycles. The van der Waals surface area contributed by atoms with E-state index in [0.29, 0.717) is 39.8 Å². The van der Waals surface area contributed by atoms with E-state index in [0.717, 1.165) is 42.3 Å². The number of benzene rings is 3. The SMILES string of the molecule is CCN(CC)CCCNc1cc2c(c3c1c(=O)c1cc4ccccc4cc1n3C)[C@@H](O)[C@@H](O)C(C)(C)O2. The number of hydrogen-bond acceptors (Lipinski definition) is 6. The Bertz CT molecular complexity index is 1540. The number of anilines is 1. The van der Waals surface area contributed by atoms with Crippen molar-refractivity contribution in [1.29, 1.82) is 0 Å². The molecule has 0 fully saturated rings. The molecule has 0 bridgehead atoms. The van der Waals surface area contributed by atoms with Gasteiger partial charge in [0.05, 0.1) is 22.1 Å². The first-order valence-electron chi connectivity index (χ1n) is 13.2. The quantitative estimate of drug-likeness (QED) is 0.253. The highest BCUT2D eigenvalue weighted by Gasteiger charge is 2.44. The molecular weight excluding hydrogens is 466 g/mol. The van der Waals surface area contributed by atoms with Crippen LogP contribution in [0.4, 0.5) is 5.69 Å². The molecule has 196 valence electrons. The first-order valence-corrected chi connectivity index (χ1v) is 13.2. The second-order valence-corrected chi connectivity index (χ2v) is 10.6. The summed E-state index contributed by atoms with van der Waals surface area (Å²) in [6.45, 7) is 11.5. The van der Waals surface area contributed by atoms with Gasteiger partial charge in [-0.05, 0) is 62.8 Å². The molecule has 0 amide bonds. The summed E-state index contributed by atoms with van der Waals surface area (Å²) in [5.41, 5.74) is 1.40. The number of rotatable bonds is 7. The lowest BCUT2D eigenvalue weighted by Crippen LogP contribution is -2.49. The number of ether oxygens (including phenoxy) is 1. The minimum absolute atomic E-state index is 0.102.